The van der Waals surface area contributed by atoms with Crippen molar-refractivity contribution in [3.8, 4) is 0 Å². The van der Waals surface area contributed by atoms with Gasteiger partial charge in [0.05, 0.1) is 23.1 Å². The molecule has 172 valence electrons. The SMILES string of the molecule is CN1CCN(c2ccc(Nc3ncc4cc5n(c4n3)C3(CCOCC3)CCC5=O)nc2)CC1. The standard InChI is InChI=1S/C24H29N7O2/c1-29-8-10-30(11-9-29)18-2-3-21(25-16-18)27-23-26-15-17-14-19-20(32)4-5-24(6-12-33-13-7-24)31(19)22(17)28-23/h2-3,14-16H,4-13H2,1H3,(H,25,26,27,28). The van der Waals surface area contributed by atoms with E-state index in [9.17, 15) is 4.79 Å². The van der Waals surface area contributed by atoms with Crippen molar-refractivity contribution in [3.05, 3.63) is 36.3 Å². The normalized spacial score (nSPS) is 20.9. The maximum atomic E-state index is 12.7. The molecule has 3 aromatic heterocycles. The highest BCUT2D eigenvalue weighted by molar-refractivity contribution is 6.00. The van der Waals surface area contributed by atoms with Gasteiger partial charge in [-0.05, 0) is 44.5 Å². The van der Waals surface area contributed by atoms with Crippen molar-refractivity contribution in [2.75, 3.05) is 56.7 Å². The summed E-state index contributed by atoms with van der Waals surface area (Å²) < 4.78 is 7.81. The molecule has 33 heavy (non-hydrogen) atoms. The van der Waals surface area contributed by atoms with E-state index in [2.05, 4.69) is 42.8 Å². The summed E-state index contributed by atoms with van der Waals surface area (Å²) in [6.07, 6.45) is 6.93. The lowest BCUT2D eigenvalue weighted by molar-refractivity contribution is 0.0123. The van der Waals surface area contributed by atoms with Gasteiger partial charge in [-0.3, -0.25) is 4.79 Å². The van der Waals surface area contributed by atoms with Crippen LogP contribution in [0.5, 0.6) is 0 Å². The van der Waals surface area contributed by atoms with Crippen LogP contribution < -0.4 is 10.2 Å². The molecule has 0 aliphatic carbocycles. The molecule has 3 aliphatic rings. The topological polar surface area (TPSA) is 88.4 Å². The van der Waals surface area contributed by atoms with E-state index < -0.39 is 0 Å². The molecule has 3 aromatic rings. The number of likely N-dealkylation sites (N-methyl/N-ethyl adjacent to an activating group) is 1. The molecule has 6 heterocycles. The van der Waals surface area contributed by atoms with Crippen LogP contribution in [0.1, 0.15) is 36.2 Å². The van der Waals surface area contributed by atoms with Crippen molar-refractivity contribution in [2.24, 2.45) is 0 Å². The first-order valence-corrected chi connectivity index (χ1v) is 11.8. The average molecular weight is 448 g/mol. The molecule has 9 heteroatoms. The number of Topliss-reactive ketones (excluding diaryl/α,β-unsaturated/α-hetero) is 1. The van der Waals surface area contributed by atoms with Crippen LogP contribution in [0.15, 0.2) is 30.6 Å². The maximum Gasteiger partial charge on any atom is 0.230 e. The van der Waals surface area contributed by atoms with Crippen LogP contribution in [-0.4, -0.2) is 76.6 Å². The molecule has 2 saturated heterocycles. The van der Waals surface area contributed by atoms with E-state index in [0.29, 0.717) is 31.4 Å². The Balaban J connectivity index is 1.29. The van der Waals surface area contributed by atoms with Crippen LogP contribution >= 0.6 is 0 Å². The molecule has 3 aliphatic heterocycles. The van der Waals surface area contributed by atoms with Crippen molar-refractivity contribution < 1.29 is 9.53 Å². The number of carbonyl (C=O) groups is 1. The van der Waals surface area contributed by atoms with Gasteiger partial charge < -0.3 is 24.4 Å². The fourth-order valence-electron chi connectivity index (χ4n) is 5.37. The van der Waals surface area contributed by atoms with Crippen molar-refractivity contribution >= 4 is 34.3 Å². The number of piperazine rings is 1. The van der Waals surface area contributed by atoms with Gasteiger partial charge in [-0.15, -0.1) is 0 Å². The summed E-state index contributed by atoms with van der Waals surface area (Å²) in [5.41, 5.74) is 2.59. The minimum Gasteiger partial charge on any atom is -0.381 e. The molecule has 0 radical (unpaired) electrons. The number of rotatable bonds is 3. The summed E-state index contributed by atoms with van der Waals surface area (Å²) in [7, 11) is 2.15. The monoisotopic (exact) mass is 447 g/mol. The van der Waals surface area contributed by atoms with Crippen LogP contribution in [-0.2, 0) is 10.3 Å². The van der Waals surface area contributed by atoms with Gasteiger partial charge in [0.15, 0.2) is 5.78 Å². The number of pyridine rings is 1. The molecule has 2 fully saturated rings. The van der Waals surface area contributed by atoms with Crippen LogP contribution in [0, 0.1) is 0 Å². The molecule has 1 N–H and O–H groups in total. The highest BCUT2D eigenvalue weighted by Crippen LogP contribution is 2.42. The molecule has 0 amide bonds. The van der Waals surface area contributed by atoms with E-state index in [1.54, 1.807) is 6.20 Å². The van der Waals surface area contributed by atoms with Gasteiger partial charge in [-0.1, -0.05) is 0 Å². The molecular formula is C24H29N7O2. The molecule has 0 saturated carbocycles. The predicted molar refractivity (Wildman–Crippen MR) is 126 cm³/mol. The van der Waals surface area contributed by atoms with Crippen molar-refractivity contribution in [1.82, 2.24) is 24.4 Å². The maximum absolute atomic E-state index is 12.7. The van der Waals surface area contributed by atoms with E-state index in [1.165, 1.54) is 0 Å². The second-order valence-corrected chi connectivity index (χ2v) is 9.41. The van der Waals surface area contributed by atoms with Crippen LogP contribution in [0.2, 0.25) is 0 Å². The first-order chi connectivity index (χ1) is 16.1. The van der Waals surface area contributed by atoms with Gasteiger partial charge in [0.25, 0.3) is 0 Å². The summed E-state index contributed by atoms with van der Waals surface area (Å²) in [5.74, 6) is 1.37. The zero-order valence-electron chi connectivity index (χ0n) is 19.0. The summed E-state index contributed by atoms with van der Waals surface area (Å²) in [5, 5.41) is 4.15. The molecule has 0 unspecified atom stereocenters. The first-order valence-electron chi connectivity index (χ1n) is 11.8. The quantitative estimate of drug-likeness (QED) is 0.656. The van der Waals surface area contributed by atoms with E-state index in [-0.39, 0.29) is 11.3 Å². The van der Waals surface area contributed by atoms with Crippen LogP contribution in [0.3, 0.4) is 0 Å². The van der Waals surface area contributed by atoms with Crippen LogP contribution in [0.25, 0.3) is 11.0 Å². The number of hydrogen-bond acceptors (Lipinski definition) is 8. The van der Waals surface area contributed by atoms with E-state index in [0.717, 1.165) is 67.9 Å². The smallest absolute Gasteiger partial charge is 0.230 e. The molecular weight excluding hydrogens is 418 g/mol. The van der Waals surface area contributed by atoms with E-state index in [4.69, 9.17) is 9.72 Å². The number of hydrogen-bond donors (Lipinski definition) is 1. The number of fused-ring (bicyclic) bond motifs is 4. The Hall–Kier alpha value is -3.04. The molecule has 0 aromatic carbocycles. The largest absolute Gasteiger partial charge is 0.381 e. The molecule has 0 atom stereocenters. The summed E-state index contributed by atoms with van der Waals surface area (Å²) >= 11 is 0. The molecule has 6 rings (SSSR count). The summed E-state index contributed by atoms with van der Waals surface area (Å²) in [6.45, 7) is 5.57. The zero-order valence-corrected chi connectivity index (χ0v) is 19.0. The Bertz CT molecular complexity index is 1180. The summed E-state index contributed by atoms with van der Waals surface area (Å²) in [4.78, 5) is 31.3. The lowest BCUT2D eigenvalue weighted by Gasteiger charge is -2.42. The number of ether oxygens (including phenoxy) is 1. The Morgan fingerprint density at radius 1 is 1.03 bits per heavy atom. The van der Waals surface area contributed by atoms with Gasteiger partial charge in [0.2, 0.25) is 5.95 Å². The minimum atomic E-state index is -0.0999. The number of nitrogens with zero attached hydrogens (tertiary/aromatic N) is 6. The third-order valence-corrected chi connectivity index (χ3v) is 7.40. The highest BCUT2D eigenvalue weighted by atomic mass is 16.5. The van der Waals surface area contributed by atoms with Crippen molar-refractivity contribution in [1.29, 1.82) is 0 Å². The van der Waals surface area contributed by atoms with Crippen LogP contribution in [0.4, 0.5) is 17.5 Å². The average Bonchev–Trinajstić information content (AvgIpc) is 3.24. The number of carbonyl (C=O) groups excluding carboxylic acids is 1. The Morgan fingerprint density at radius 2 is 1.85 bits per heavy atom. The number of anilines is 3. The third-order valence-electron chi connectivity index (χ3n) is 7.40. The molecule has 9 nitrogen and oxygen atoms in total. The fourth-order valence-corrected chi connectivity index (χ4v) is 5.37. The van der Waals surface area contributed by atoms with Crippen molar-refractivity contribution in [3.63, 3.8) is 0 Å². The van der Waals surface area contributed by atoms with Gasteiger partial charge in [0.1, 0.15) is 11.5 Å². The van der Waals surface area contributed by atoms with Gasteiger partial charge in [-0.2, -0.15) is 4.98 Å². The lowest BCUT2D eigenvalue weighted by atomic mass is 9.81. The zero-order chi connectivity index (χ0) is 22.4. The lowest BCUT2D eigenvalue weighted by Crippen LogP contribution is -2.44. The molecule has 1 spiro atoms. The molecule has 0 bridgehead atoms. The van der Waals surface area contributed by atoms with Crippen molar-refractivity contribution in [2.45, 2.75) is 31.2 Å². The number of nitrogens with one attached hydrogen (secondary N) is 1. The van der Waals surface area contributed by atoms with Gasteiger partial charge in [-0.25, -0.2) is 9.97 Å². The first kappa shape index (κ1) is 20.6. The second-order valence-electron chi connectivity index (χ2n) is 9.41. The number of ketones is 1. The minimum absolute atomic E-state index is 0.0999. The second kappa shape index (κ2) is 8.07. The Kier molecular flexibility index (Phi) is 5.03. The Labute approximate surface area is 192 Å². The number of aromatic nitrogens is 4. The van der Waals surface area contributed by atoms with E-state index in [1.807, 2.05) is 18.3 Å². The van der Waals surface area contributed by atoms with E-state index >= 15 is 0 Å². The predicted octanol–water partition coefficient (Wildman–Crippen LogP) is 2.80. The Morgan fingerprint density at radius 3 is 2.61 bits per heavy atom. The van der Waals surface area contributed by atoms with Gasteiger partial charge in [0, 0.05) is 57.4 Å². The third kappa shape index (κ3) is 3.65. The summed E-state index contributed by atoms with van der Waals surface area (Å²) in [6, 6.07) is 6.01. The fraction of sp³-hybridized carbons (Fsp3) is 0.500. The highest BCUT2D eigenvalue weighted by Gasteiger charge is 2.42. The van der Waals surface area contributed by atoms with Gasteiger partial charge >= 0.3 is 0 Å².